The maximum Gasteiger partial charge on any atom is 0.256 e. The van der Waals surface area contributed by atoms with E-state index >= 15 is 0 Å². The van der Waals surface area contributed by atoms with Crippen LogP contribution >= 0.6 is 11.6 Å². The van der Waals surface area contributed by atoms with Crippen LogP contribution in [0.3, 0.4) is 0 Å². The van der Waals surface area contributed by atoms with Crippen molar-refractivity contribution in [3.8, 4) is 0 Å². The third kappa shape index (κ3) is 3.83. The molecular weight excluding hydrogens is 346 g/mol. The second kappa shape index (κ2) is 7.50. The summed E-state index contributed by atoms with van der Waals surface area (Å²) >= 11 is 6.26. The van der Waals surface area contributed by atoms with Gasteiger partial charge < -0.3 is 4.90 Å². The molecule has 2 aromatic rings. The largest absolute Gasteiger partial charge is 0.336 e. The number of halogens is 3. The fraction of sp³-hybridized carbons (Fsp3) is 0.316. The molecule has 1 saturated heterocycles. The van der Waals surface area contributed by atoms with Crippen LogP contribution in [0.1, 0.15) is 28.9 Å². The lowest BCUT2D eigenvalue weighted by molar-refractivity contribution is 0.0578. The van der Waals surface area contributed by atoms with E-state index in [2.05, 4.69) is 11.8 Å². The average Bonchev–Trinajstić information content (AvgIpc) is 2.61. The fourth-order valence-electron chi connectivity index (χ4n) is 3.16. The number of rotatable bonds is 3. The van der Waals surface area contributed by atoms with E-state index in [9.17, 15) is 13.6 Å². The summed E-state index contributed by atoms with van der Waals surface area (Å²) in [5.41, 5.74) is 0.961. The summed E-state index contributed by atoms with van der Waals surface area (Å²) in [5.74, 6) is -1.91. The second-order valence-electron chi connectivity index (χ2n) is 6.15. The number of hydrogen-bond donors (Lipinski definition) is 0. The molecule has 132 valence electrons. The van der Waals surface area contributed by atoms with Crippen LogP contribution in [0.2, 0.25) is 5.02 Å². The van der Waals surface area contributed by atoms with Crippen molar-refractivity contribution in [3.05, 3.63) is 70.2 Å². The van der Waals surface area contributed by atoms with E-state index in [-0.39, 0.29) is 11.6 Å². The highest BCUT2D eigenvalue weighted by molar-refractivity contribution is 6.31. The second-order valence-corrected chi connectivity index (χ2v) is 6.56. The maximum absolute atomic E-state index is 13.8. The molecule has 0 N–H and O–H groups in total. The first-order valence-corrected chi connectivity index (χ1v) is 8.58. The van der Waals surface area contributed by atoms with Gasteiger partial charge in [-0.15, -0.1) is 0 Å². The Hall–Kier alpha value is -1.98. The summed E-state index contributed by atoms with van der Waals surface area (Å²) in [5, 5.41) is 0.724. The van der Waals surface area contributed by atoms with Crippen LogP contribution < -0.4 is 0 Å². The van der Waals surface area contributed by atoms with Gasteiger partial charge in [-0.3, -0.25) is 9.69 Å². The lowest BCUT2D eigenvalue weighted by Gasteiger charge is -2.38. The van der Waals surface area contributed by atoms with Gasteiger partial charge in [0.1, 0.15) is 11.6 Å². The summed E-state index contributed by atoms with van der Waals surface area (Å²) < 4.78 is 26.8. The van der Waals surface area contributed by atoms with Crippen LogP contribution in [0.5, 0.6) is 0 Å². The predicted octanol–water partition coefficient (Wildman–Crippen LogP) is 4.14. The van der Waals surface area contributed by atoms with Gasteiger partial charge in [0.05, 0.1) is 5.56 Å². The van der Waals surface area contributed by atoms with E-state index in [1.165, 1.54) is 6.07 Å². The van der Waals surface area contributed by atoms with Crippen molar-refractivity contribution in [2.45, 2.75) is 13.0 Å². The quantitative estimate of drug-likeness (QED) is 0.817. The molecule has 1 amide bonds. The molecular formula is C19H19ClF2N2O. The number of benzene rings is 2. The summed E-state index contributed by atoms with van der Waals surface area (Å²) in [6, 6.07) is 10.9. The minimum Gasteiger partial charge on any atom is -0.336 e. The van der Waals surface area contributed by atoms with Gasteiger partial charge in [-0.25, -0.2) is 8.78 Å². The van der Waals surface area contributed by atoms with Gasteiger partial charge >= 0.3 is 0 Å². The van der Waals surface area contributed by atoms with Crippen LogP contribution in [0.4, 0.5) is 8.78 Å². The molecule has 0 spiro atoms. The van der Waals surface area contributed by atoms with Gasteiger partial charge in [-0.05, 0) is 30.7 Å². The van der Waals surface area contributed by atoms with Crippen LogP contribution in [-0.4, -0.2) is 41.9 Å². The smallest absolute Gasteiger partial charge is 0.256 e. The lowest BCUT2D eigenvalue weighted by atomic mass is 10.1. The summed E-state index contributed by atoms with van der Waals surface area (Å²) in [6.07, 6.45) is 0. The highest BCUT2D eigenvalue weighted by atomic mass is 35.5. The molecule has 25 heavy (non-hydrogen) atoms. The van der Waals surface area contributed by atoms with Crippen LogP contribution in [0.15, 0.2) is 42.5 Å². The number of nitrogens with zero attached hydrogens (tertiary/aromatic N) is 2. The van der Waals surface area contributed by atoms with Crippen LogP contribution in [0, 0.1) is 11.6 Å². The number of amides is 1. The zero-order valence-electron chi connectivity index (χ0n) is 13.9. The van der Waals surface area contributed by atoms with E-state index in [0.29, 0.717) is 26.2 Å². The van der Waals surface area contributed by atoms with Gasteiger partial charge in [0.2, 0.25) is 0 Å². The predicted molar refractivity (Wildman–Crippen MR) is 93.7 cm³/mol. The highest BCUT2D eigenvalue weighted by Crippen LogP contribution is 2.28. The van der Waals surface area contributed by atoms with Crippen molar-refractivity contribution in [2.75, 3.05) is 26.2 Å². The fourth-order valence-corrected chi connectivity index (χ4v) is 3.45. The van der Waals surface area contributed by atoms with E-state index in [4.69, 9.17) is 11.6 Å². The minimum atomic E-state index is -0.822. The number of hydrogen-bond acceptors (Lipinski definition) is 2. The molecule has 3 rings (SSSR count). The molecule has 1 aliphatic rings. The Kier molecular flexibility index (Phi) is 5.35. The highest BCUT2D eigenvalue weighted by Gasteiger charge is 2.27. The molecule has 6 heteroatoms. The molecule has 1 unspecified atom stereocenters. The lowest BCUT2D eigenvalue weighted by Crippen LogP contribution is -2.49. The van der Waals surface area contributed by atoms with E-state index < -0.39 is 17.5 Å². The van der Waals surface area contributed by atoms with E-state index in [0.717, 1.165) is 22.7 Å². The van der Waals surface area contributed by atoms with E-state index in [1.807, 2.05) is 24.3 Å². The molecule has 0 bridgehead atoms. The average molecular weight is 365 g/mol. The molecule has 1 atom stereocenters. The first-order valence-electron chi connectivity index (χ1n) is 8.20. The molecule has 1 aliphatic heterocycles. The topological polar surface area (TPSA) is 23.6 Å². The molecule has 2 aromatic carbocycles. The van der Waals surface area contributed by atoms with Crippen LogP contribution in [-0.2, 0) is 0 Å². The van der Waals surface area contributed by atoms with Crippen LogP contribution in [0.25, 0.3) is 0 Å². The molecule has 3 nitrogen and oxygen atoms in total. The third-order valence-corrected chi connectivity index (χ3v) is 5.01. The maximum atomic E-state index is 13.8. The Morgan fingerprint density at radius 2 is 1.76 bits per heavy atom. The third-order valence-electron chi connectivity index (χ3n) is 4.67. The van der Waals surface area contributed by atoms with Crippen molar-refractivity contribution < 1.29 is 13.6 Å². The molecule has 0 radical (unpaired) electrons. The van der Waals surface area contributed by atoms with Gasteiger partial charge in [-0.1, -0.05) is 29.8 Å². The molecule has 0 saturated carbocycles. The standard InChI is InChI=1S/C19H19ClF2N2O/c1-13(15-4-2-3-5-17(15)20)23-8-10-24(11-9-23)19(25)16-7-6-14(21)12-18(16)22/h2-7,12-13H,8-11H2,1H3. The van der Waals surface area contributed by atoms with E-state index in [1.54, 1.807) is 4.90 Å². The molecule has 1 heterocycles. The Bertz CT molecular complexity index is 776. The SMILES string of the molecule is CC(c1ccccc1Cl)N1CCN(C(=O)c2ccc(F)cc2F)CC1. The van der Waals surface area contributed by atoms with Crippen molar-refractivity contribution in [1.82, 2.24) is 9.80 Å². The Morgan fingerprint density at radius 1 is 1.08 bits per heavy atom. The van der Waals surface area contributed by atoms with Crippen molar-refractivity contribution >= 4 is 17.5 Å². The van der Waals surface area contributed by atoms with Crippen molar-refractivity contribution in [1.29, 1.82) is 0 Å². The first-order chi connectivity index (χ1) is 12.0. The normalized spacial score (nSPS) is 16.7. The first kappa shape index (κ1) is 17.8. The Labute approximate surface area is 150 Å². The van der Waals surface area contributed by atoms with Crippen molar-refractivity contribution in [2.24, 2.45) is 0 Å². The summed E-state index contributed by atoms with van der Waals surface area (Å²) in [4.78, 5) is 16.3. The van der Waals surface area contributed by atoms with Gasteiger partial charge in [0.25, 0.3) is 5.91 Å². The van der Waals surface area contributed by atoms with Gasteiger partial charge in [0, 0.05) is 43.3 Å². The monoisotopic (exact) mass is 364 g/mol. The molecule has 1 fully saturated rings. The van der Waals surface area contributed by atoms with Crippen molar-refractivity contribution in [3.63, 3.8) is 0 Å². The zero-order chi connectivity index (χ0) is 18.0. The number of piperazine rings is 1. The molecule has 0 aliphatic carbocycles. The Morgan fingerprint density at radius 3 is 2.40 bits per heavy atom. The number of carbonyl (C=O) groups excluding carboxylic acids is 1. The van der Waals surface area contributed by atoms with Gasteiger partial charge in [-0.2, -0.15) is 0 Å². The van der Waals surface area contributed by atoms with Gasteiger partial charge in [0.15, 0.2) is 0 Å². The molecule has 0 aromatic heterocycles. The zero-order valence-corrected chi connectivity index (χ0v) is 14.6. The summed E-state index contributed by atoms with van der Waals surface area (Å²) in [7, 11) is 0. The minimum absolute atomic E-state index is 0.0889. The summed E-state index contributed by atoms with van der Waals surface area (Å²) in [6.45, 7) is 4.40. The number of carbonyl (C=O) groups is 1. The Balaban J connectivity index is 1.65.